The van der Waals surface area contributed by atoms with Gasteiger partial charge >= 0.3 is 5.97 Å². The van der Waals surface area contributed by atoms with E-state index in [9.17, 15) is 19.7 Å². The molecule has 140 valence electrons. The van der Waals surface area contributed by atoms with E-state index in [0.29, 0.717) is 33.4 Å². The Morgan fingerprint density at radius 2 is 2.07 bits per heavy atom. The molecule has 9 nitrogen and oxygen atoms in total. The number of aromatic amines is 1. The molecule has 0 aliphatic rings. The Kier molecular flexibility index (Phi) is 4.76. The van der Waals surface area contributed by atoms with Gasteiger partial charge in [0.15, 0.2) is 0 Å². The summed E-state index contributed by atoms with van der Waals surface area (Å²) in [6, 6.07) is 4.36. The number of nitrogens with zero attached hydrogens (tertiary/aromatic N) is 3. The first-order chi connectivity index (χ1) is 12.8. The first-order valence-corrected chi connectivity index (χ1v) is 8.33. The molecule has 0 spiro atoms. The van der Waals surface area contributed by atoms with Gasteiger partial charge in [0.25, 0.3) is 5.69 Å². The number of Topliss-reactive ketones (excluding diaryl/α,β-unsaturated/α-hetero) is 1. The molecule has 0 aliphatic heterocycles. The third kappa shape index (κ3) is 3.31. The molecule has 0 fully saturated rings. The van der Waals surface area contributed by atoms with E-state index in [1.165, 1.54) is 16.8 Å². The summed E-state index contributed by atoms with van der Waals surface area (Å²) >= 11 is 0. The van der Waals surface area contributed by atoms with Crippen molar-refractivity contribution in [2.24, 2.45) is 0 Å². The largest absolute Gasteiger partial charge is 0.462 e. The Morgan fingerprint density at radius 1 is 1.33 bits per heavy atom. The molecule has 2 heterocycles. The van der Waals surface area contributed by atoms with Crippen LogP contribution in [0.2, 0.25) is 0 Å². The number of rotatable bonds is 6. The van der Waals surface area contributed by atoms with E-state index in [0.717, 1.165) is 0 Å². The van der Waals surface area contributed by atoms with E-state index in [-0.39, 0.29) is 24.6 Å². The van der Waals surface area contributed by atoms with Gasteiger partial charge in [0.2, 0.25) is 5.78 Å². The number of nitro groups is 1. The summed E-state index contributed by atoms with van der Waals surface area (Å²) in [7, 11) is 0. The minimum absolute atomic E-state index is 0.0757. The summed E-state index contributed by atoms with van der Waals surface area (Å²) < 4.78 is 6.44. The Hall–Kier alpha value is -3.49. The Morgan fingerprint density at radius 3 is 2.74 bits per heavy atom. The maximum absolute atomic E-state index is 12.8. The molecule has 0 amide bonds. The van der Waals surface area contributed by atoms with Gasteiger partial charge in [0.1, 0.15) is 6.54 Å². The molecule has 0 atom stereocenters. The van der Waals surface area contributed by atoms with Crippen LogP contribution in [-0.4, -0.2) is 38.0 Å². The van der Waals surface area contributed by atoms with E-state index in [2.05, 4.69) is 10.1 Å². The molecule has 1 N–H and O–H groups in total. The van der Waals surface area contributed by atoms with Crippen LogP contribution in [0.4, 0.5) is 5.69 Å². The van der Waals surface area contributed by atoms with E-state index in [4.69, 9.17) is 4.74 Å². The van der Waals surface area contributed by atoms with Gasteiger partial charge in [-0.1, -0.05) is 0 Å². The van der Waals surface area contributed by atoms with E-state index >= 15 is 0 Å². The molecular weight excluding hydrogens is 352 g/mol. The number of esters is 1. The summed E-state index contributed by atoms with van der Waals surface area (Å²) in [5, 5.41) is 15.8. The van der Waals surface area contributed by atoms with Crippen LogP contribution >= 0.6 is 0 Å². The predicted molar refractivity (Wildman–Crippen MR) is 96.9 cm³/mol. The van der Waals surface area contributed by atoms with Gasteiger partial charge in [0, 0.05) is 23.2 Å². The molecule has 2 aromatic heterocycles. The summed E-state index contributed by atoms with van der Waals surface area (Å²) in [4.78, 5) is 38.3. The van der Waals surface area contributed by atoms with E-state index in [1.807, 2.05) is 0 Å². The average molecular weight is 370 g/mol. The van der Waals surface area contributed by atoms with Crippen LogP contribution in [-0.2, 0) is 11.3 Å². The lowest BCUT2D eigenvalue weighted by Gasteiger charge is -2.04. The first kappa shape index (κ1) is 18.3. The van der Waals surface area contributed by atoms with Gasteiger partial charge in [-0.15, -0.1) is 0 Å². The molecular formula is C18H18N4O5. The molecule has 0 bridgehead atoms. The number of carbonyl (C=O) groups excluding carboxylic acids is 2. The number of hydrogen-bond acceptors (Lipinski definition) is 6. The highest BCUT2D eigenvalue weighted by Gasteiger charge is 2.23. The van der Waals surface area contributed by atoms with Crippen molar-refractivity contribution < 1.29 is 19.2 Å². The molecule has 3 rings (SSSR count). The summed E-state index contributed by atoms with van der Waals surface area (Å²) in [5.41, 5.74) is 2.12. The van der Waals surface area contributed by atoms with E-state index in [1.54, 1.807) is 33.0 Å². The fourth-order valence-corrected chi connectivity index (χ4v) is 3.05. The van der Waals surface area contributed by atoms with Crippen molar-refractivity contribution in [2.45, 2.75) is 27.3 Å². The number of hydrogen-bond donors (Lipinski definition) is 1. The maximum atomic E-state index is 12.8. The van der Waals surface area contributed by atoms with Gasteiger partial charge < -0.3 is 9.72 Å². The lowest BCUT2D eigenvalue weighted by atomic mass is 10.1. The van der Waals surface area contributed by atoms with Crippen LogP contribution < -0.4 is 0 Å². The number of nitro benzene ring substituents is 1. The van der Waals surface area contributed by atoms with Gasteiger partial charge in [-0.05, 0) is 32.4 Å². The van der Waals surface area contributed by atoms with E-state index < -0.39 is 10.9 Å². The van der Waals surface area contributed by atoms with Crippen molar-refractivity contribution >= 4 is 28.3 Å². The topological polar surface area (TPSA) is 120 Å². The number of aryl methyl sites for hydroxylation is 1. The molecule has 1 aromatic carbocycles. The van der Waals surface area contributed by atoms with Gasteiger partial charge in [-0.2, -0.15) is 5.10 Å². The Balaban J connectivity index is 1.93. The third-order valence-electron chi connectivity index (χ3n) is 4.33. The second kappa shape index (κ2) is 7.02. The van der Waals surface area contributed by atoms with Crippen LogP contribution in [0.15, 0.2) is 24.4 Å². The first-order valence-electron chi connectivity index (χ1n) is 8.33. The zero-order valence-electron chi connectivity index (χ0n) is 15.1. The maximum Gasteiger partial charge on any atom is 0.340 e. The minimum Gasteiger partial charge on any atom is -0.462 e. The average Bonchev–Trinajstić information content (AvgIpc) is 3.15. The van der Waals surface area contributed by atoms with Crippen molar-refractivity contribution in [2.75, 3.05) is 6.61 Å². The highest BCUT2D eigenvalue weighted by Crippen LogP contribution is 2.23. The SMILES string of the molecule is CCOC(=O)c1c(C)[nH]c(C(=O)Cn2ncc3ccc([N+](=O)[O-])cc32)c1C. The lowest BCUT2D eigenvalue weighted by molar-refractivity contribution is -0.384. The van der Waals surface area contributed by atoms with Crippen molar-refractivity contribution in [3.8, 4) is 0 Å². The number of aromatic nitrogens is 3. The number of non-ortho nitro benzene ring substituents is 1. The minimum atomic E-state index is -0.497. The number of ether oxygens (including phenoxy) is 1. The van der Waals surface area contributed by atoms with Crippen molar-refractivity contribution in [1.82, 2.24) is 14.8 Å². The van der Waals surface area contributed by atoms with Crippen LogP contribution in [0.1, 0.15) is 39.0 Å². The quantitative estimate of drug-likeness (QED) is 0.308. The summed E-state index contributed by atoms with van der Waals surface area (Å²) in [5.74, 6) is -0.773. The molecule has 0 saturated carbocycles. The van der Waals surface area contributed by atoms with Crippen LogP contribution in [0, 0.1) is 24.0 Å². The molecule has 0 saturated heterocycles. The Bertz CT molecular complexity index is 1060. The lowest BCUT2D eigenvalue weighted by Crippen LogP contribution is -2.13. The fraction of sp³-hybridized carbons (Fsp3) is 0.278. The van der Waals surface area contributed by atoms with Gasteiger partial charge in [-0.25, -0.2) is 4.79 Å². The van der Waals surface area contributed by atoms with Crippen LogP contribution in [0.3, 0.4) is 0 Å². The normalized spacial score (nSPS) is 10.9. The van der Waals surface area contributed by atoms with Crippen molar-refractivity contribution in [3.05, 3.63) is 57.0 Å². The molecule has 3 aromatic rings. The smallest absolute Gasteiger partial charge is 0.340 e. The van der Waals surface area contributed by atoms with Crippen molar-refractivity contribution in [1.29, 1.82) is 0 Å². The standard InChI is InChI=1S/C18H18N4O5/c1-4-27-18(24)16-10(2)17(20-11(16)3)15(23)9-21-14-7-13(22(25)26)6-5-12(14)8-19-21/h5-8,20H,4,9H2,1-3H3. The second-order valence-corrected chi connectivity index (χ2v) is 6.07. The summed E-state index contributed by atoms with van der Waals surface area (Å²) in [6.45, 7) is 5.21. The highest BCUT2D eigenvalue weighted by molar-refractivity contribution is 6.01. The Labute approximate surface area is 154 Å². The number of fused-ring (bicyclic) bond motifs is 1. The van der Waals surface area contributed by atoms with Crippen molar-refractivity contribution in [3.63, 3.8) is 0 Å². The molecule has 0 radical (unpaired) electrons. The van der Waals surface area contributed by atoms with Gasteiger partial charge in [0.05, 0.1) is 34.5 Å². The number of nitrogens with one attached hydrogen (secondary N) is 1. The molecule has 0 aliphatic carbocycles. The van der Waals surface area contributed by atoms with Crippen LogP contribution in [0.5, 0.6) is 0 Å². The zero-order chi connectivity index (χ0) is 19.7. The monoisotopic (exact) mass is 370 g/mol. The second-order valence-electron chi connectivity index (χ2n) is 6.07. The zero-order valence-corrected chi connectivity index (χ0v) is 15.1. The predicted octanol–water partition coefficient (Wildman–Crippen LogP) is 2.95. The number of ketones is 1. The number of H-pyrrole nitrogens is 1. The number of carbonyl (C=O) groups is 2. The molecule has 27 heavy (non-hydrogen) atoms. The molecule has 0 unspecified atom stereocenters. The van der Waals surface area contributed by atoms with Crippen LogP contribution in [0.25, 0.3) is 10.9 Å². The van der Waals surface area contributed by atoms with Gasteiger partial charge in [-0.3, -0.25) is 19.6 Å². The third-order valence-corrected chi connectivity index (χ3v) is 4.33. The summed E-state index contributed by atoms with van der Waals surface area (Å²) in [6.07, 6.45) is 1.54. The number of benzene rings is 1. The highest BCUT2D eigenvalue weighted by atomic mass is 16.6. The molecule has 9 heteroatoms. The fourth-order valence-electron chi connectivity index (χ4n) is 3.05.